The highest BCUT2D eigenvalue weighted by molar-refractivity contribution is 7.98. The van der Waals surface area contributed by atoms with Crippen molar-refractivity contribution in [3.63, 3.8) is 0 Å². The van der Waals surface area contributed by atoms with E-state index in [1.807, 2.05) is 18.4 Å². The van der Waals surface area contributed by atoms with Crippen molar-refractivity contribution in [2.45, 2.75) is 42.0 Å². The minimum atomic E-state index is -4.61. The van der Waals surface area contributed by atoms with E-state index in [-0.39, 0.29) is 11.7 Å². The third-order valence-corrected chi connectivity index (χ3v) is 6.67. The molecular weight excluding hydrogens is 435 g/mol. The molecule has 1 heterocycles. The Balaban J connectivity index is 1.83. The summed E-state index contributed by atoms with van der Waals surface area (Å²) in [5.41, 5.74) is 1.10. The summed E-state index contributed by atoms with van der Waals surface area (Å²) in [6.07, 6.45) is 0. The molecule has 0 unspecified atom stereocenters. The summed E-state index contributed by atoms with van der Waals surface area (Å²) in [6, 6.07) is 11.7. The van der Waals surface area contributed by atoms with Crippen molar-refractivity contribution in [1.82, 2.24) is 14.8 Å². The molecule has 0 saturated carbocycles. The van der Waals surface area contributed by atoms with Crippen LogP contribution in [0.1, 0.15) is 19.4 Å². The van der Waals surface area contributed by atoms with Crippen molar-refractivity contribution in [2.24, 2.45) is 5.92 Å². The van der Waals surface area contributed by atoms with E-state index in [0.717, 1.165) is 5.56 Å². The molecule has 3 aromatic rings. The molecule has 1 aromatic heterocycles. The lowest BCUT2D eigenvalue weighted by Crippen LogP contribution is -2.11. The van der Waals surface area contributed by atoms with Crippen LogP contribution in [0.4, 0.5) is 13.2 Å². The van der Waals surface area contributed by atoms with E-state index in [9.17, 15) is 21.6 Å². The van der Waals surface area contributed by atoms with Gasteiger partial charge in [-0.25, -0.2) is 12.8 Å². The Hall–Kier alpha value is -2.33. The first kappa shape index (κ1) is 22.4. The lowest BCUT2D eigenvalue weighted by atomic mass is 10.2. The normalized spacial score (nSPS) is 12.1. The number of rotatable bonds is 8. The molecule has 0 bridgehead atoms. The topological polar surface area (TPSA) is 64.8 Å². The number of alkyl halides is 2. The number of hydrogen-bond acceptors (Lipinski definition) is 5. The van der Waals surface area contributed by atoms with Crippen LogP contribution in [0.25, 0.3) is 11.4 Å². The van der Waals surface area contributed by atoms with E-state index in [1.165, 1.54) is 42.1 Å². The molecule has 0 N–H and O–H groups in total. The highest BCUT2D eigenvalue weighted by Gasteiger charge is 2.26. The number of thioether (sulfide) groups is 1. The van der Waals surface area contributed by atoms with E-state index in [2.05, 4.69) is 10.2 Å². The number of benzene rings is 2. The van der Waals surface area contributed by atoms with Gasteiger partial charge >= 0.3 is 5.76 Å². The first-order valence-electron chi connectivity index (χ1n) is 9.12. The van der Waals surface area contributed by atoms with Crippen LogP contribution in [0, 0.1) is 11.7 Å². The van der Waals surface area contributed by atoms with Crippen LogP contribution in [0.15, 0.2) is 58.6 Å². The van der Waals surface area contributed by atoms with Crippen LogP contribution >= 0.6 is 11.8 Å². The third kappa shape index (κ3) is 4.86. The van der Waals surface area contributed by atoms with Gasteiger partial charge in [-0.15, -0.1) is 10.2 Å². The second kappa shape index (κ2) is 9.22. The van der Waals surface area contributed by atoms with Crippen LogP contribution in [0.5, 0.6) is 0 Å². The molecule has 0 fully saturated rings. The quantitative estimate of drug-likeness (QED) is 0.446. The Bertz CT molecular complexity index is 1110. The second-order valence-corrected chi connectivity index (χ2v) is 9.89. The molecule has 0 aliphatic carbocycles. The molecule has 0 aliphatic rings. The molecular formula is C20H20F3N3O2S2. The summed E-state index contributed by atoms with van der Waals surface area (Å²) in [7, 11) is -4.61. The number of hydrogen-bond donors (Lipinski definition) is 0. The Morgan fingerprint density at radius 2 is 1.70 bits per heavy atom. The second-order valence-electron chi connectivity index (χ2n) is 7.03. The maximum absolute atomic E-state index is 14.3. The van der Waals surface area contributed by atoms with E-state index in [1.54, 1.807) is 18.2 Å². The van der Waals surface area contributed by atoms with E-state index in [0.29, 0.717) is 28.8 Å². The van der Waals surface area contributed by atoms with Gasteiger partial charge in [0.15, 0.2) is 11.0 Å². The van der Waals surface area contributed by atoms with Crippen LogP contribution in [0.2, 0.25) is 0 Å². The summed E-state index contributed by atoms with van der Waals surface area (Å²) in [5, 5.41) is 8.95. The zero-order valence-corrected chi connectivity index (χ0v) is 17.9. The monoisotopic (exact) mass is 455 g/mol. The Kier molecular flexibility index (Phi) is 6.87. The minimum Gasteiger partial charge on any atom is -0.302 e. The lowest BCUT2D eigenvalue weighted by Gasteiger charge is -2.13. The minimum absolute atomic E-state index is 0.268. The summed E-state index contributed by atoms with van der Waals surface area (Å²) in [6.45, 7) is 4.65. The van der Waals surface area contributed by atoms with Crippen molar-refractivity contribution in [3.8, 4) is 11.4 Å². The van der Waals surface area contributed by atoms with Gasteiger partial charge in [-0.3, -0.25) is 0 Å². The molecule has 30 heavy (non-hydrogen) atoms. The predicted octanol–water partition coefficient (Wildman–Crippen LogP) is 5.03. The van der Waals surface area contributed by atoms with Gasteiger partial charge in [0.1, 0.15) is 5.82 Å². The highest BCUT2D eigenvalue weighted by atomic mass is 32.2. The van der Waals surface area contributed by atoms with Gasteiger partial charge in [0.2, 0.25) is 9.84 Å². The SMILES string of the molecule is CC(C)Cn1c(SCc2ccc(S(=O)(=O)C(F)F)cc2)nnc1-c1ccccc1F. The fourth-order valence-electron chi connectivity index (χ4n) is 2.79. The van der Waals surface area contributed by atoms with Crippen molar-refractivity contribution in [2.75, 3.05) is 0 Å². The number of aromatic nitrogens is 3. The Morgan fingerprint density at radius 1 is 1.03 bits per heavy atom. The Morgan fingerprint density at radius 3 is 2.30 bits per heavy atom. The summed E-state index contributed by atoms with van der Waals surface area (Å²) >= 11 is 1.35. The fourth-order valence-corrected chi connectivity index (χ4v) is 4.42. The summed E-state index contributed by atoms with van der Waals surface area (Å²) in [5.74, 6) is -2.72. The van der Waals surface area contributed by atoms with Gasteiger partial charge in [0.05, 0.1) is 10.5 Å². The zero-order valence-electron chi connectivity index (χ0n) is 16.3. The number of halogens is 3. The maximum Gasteiger partial charge on any atom is 0.341 e. The molecule has 160 valence electrons. The van der Waals surface area contributed by atoms with Crippen LogP contribution in [-0.2, 0) is 22.1 Å². The van der Waals surface area contributed by atoms with Gasteiger partial charge in [0.25, 0.3) is 0 Å². The third-order valence-electron chi connectivity index (χ3n) is 4.23. The largest absolute Gasteiger partial charge is 0.341 e. The van der Waals surface area contributed by atoms with Gasteiger partial charge in [-0.05, 0) is 35.7 Å². The fraction of sp³-hybridized carbons (Fsp3) is 0.300. The average molecular weight is 456 g/mol. The molecule has 5 nitrogen and oxygen atoms in total. The van der Waals surface area contributed by atoms with Crippen molar-refractivity contribution < 1.29 is 21.6 Å². The lowest BCUT2D eigenvalue weighted by molar-refractivity contribution is 0.234. The van der Waals surface area contributed by atoms with Crippen LogP contribution < -0.4 is 0 Å². The molecule has 0 saturated heterocycles. The highest BCUT2D eigenvalue weighted by Crippen LogP contribution is 2.29. The van der Waals surface area contributed by atoms with Crippen LogP contribution in [-0.4, -0.2) is 28.9 Å². The molecule has 0 radical (unpaired) electrons. The first-order chi connectivity index (χ1) is 14.2. The first-order valence-corrected chi connectivity index (χ1v) is 11.6. The molecule has 2 aromatic carbocycles. The Labute approximate surface area is 177 Å². The summed E-state index contributed by atoms with van der Waals surface area (Å²) in [4.78, 5) is -0.420. The van der Waals surface area contributed by atoms with Crippen molar-refractivity contribution in [3.05, 3.63) is 59.9 Å². The van der Waals surface area contributed by atoms with E-state index >= 15 is 0 Å². The average Bonchev–Trinajstić information content (AvgIpc) is 3.08. The molecule has 0 atom stereocenters. The predicted molar refractivity (Wildman–Crippen MR) is 109 cm³/mol. The molecule has 0 spiro atoms. The molecule has 0 amide bonds. The van der Waals surface area contributed by atoms with E-state index < -0.39 is 20.5 Å². The van der Waals surface area contributed by atoms with Crippen LogP contribution in [0.3, 0.4) is 0 Å². The number of sulfone groups is 1. The standard InChI is InChI=1S/C20H20F3N3O2S2/c1-13(2)11-26-18(16-5-3-4-6-17(16)21)24-25-20(26)29-12-14-7-9-15(10-8-14)30(27,28)19(22)23/h3-10,13,19H,11-12H2,1-2H3. The molecule has 3 rings (SSSR count). The van der Waals surface area contributed by atoms with E-state index in [4.69, 9.17) is 0 Å². The maximum atomic E-state index is 14.3. The van der Waals surface area contributed by atoms with Gasteiger partial charge in [-0.1, -0.05) is 49.9 Å². The van der Waals surface area contributed by atoms with Gasteiger partial charge in [-0.2, -0.15) is 8.78 Å². The smallest absolute Gasteiger partial charge is 0.302 e. The number of nitrogens with zero attached hydrogens (tertiary/aromatic N) is 3. The van der Waals surface area contributed by atoms with Crippen molar-refractivity contribution >= 4 is 21.6 Å². The van der Waals surface area contributed by atoms with Gasteiger partial charge in [0, 0.05) is 12.3 Å². The summed E-state index contributed by atoms with van der Waals surface area (Å²) < 4.78 is 64.5. The molecule has 0 aliphatic heterocycles. The van der Waals surface area contributed by atoms with Crippen molar-refractivity contribution in [1.29, 1.82) is 0 Å². The van der Waals surface area contributed by atoms with Gasteiger partial charge < -0.3 is 4.57 Å². The zero-order chi connectivity index (χ0) is 21.9. The molecule has 10 heteroatoms.